The topological polar surface area (TPSA) is 73.9 Å². The maximum atomic E-state index is 13.1. The first kappa shape index (κ1) is 19.7. The van der Waals surface area contributed by atoms with E-state index in [-0.39, 0.29) is 23.0 Å². The molecule has 1 unspecified atom stereocenters. The van der Waals surface area contributed by atoms with E-state index in [1.807, 2.05) is 19.9 Å². The zero-order valence-electron chi connectivity index (χ0n) is 16.8. The lowest BCUT2D eigenvalue weighted by Gasteiger charge is -2.41. The summed E-state index contributed by atoms with van der Waals surface area (Å²) in [5, 5.41) is 3.44. The normalized spacial score (nSPS) is 25.0. The van der Waals surface area contributed by atoms with Gasteiger partial charge in [0, 0.05) is 17.7 Å². The largest absolute Gasteiger partial charge is 0.513 e. The lowest BCUT2D eigenvalue weighted by atomic mass is 9.69. The standard InChI is InChI=1S/C21H29NO5/c1-12(2)18-19(27-20(24)25-5)16(13-6-8-26-9-7-13)17-14(22-18)10-21(3,4)11-15(17)23/h6,12,16,22H,7-11H2,1-5H3. The van der Waals surface area contributed by atoms with E-state index in [4.69, 9.17) is 14.2 Å². The summed E-state index contributed by atoms with van der Waals surface area (Å²) in [5.74, 6) is 0.337. The van der Waals surface area contributed by atoms with Crippen LogP contribution in [-0.4, -0.2) is 32.3 Å². The summed E-state index contributed by atoms with van der Waals surface area (Å²) < 4.78 is 15.8. The summed E-state index contributed by atoms with van der Waals surface area (Å²) in [4.78, 5) is 25.1. The van der Waals surface area contributed by atoms with E-state index in [9.17, 15) is 9.59 Å². The number of ether oxygens (including phenoxy) is 3. The molecule has 6 heteroatoms. The molecule has 2 heterocycles. The van der Waals surface area contributed by atoms with Crippen LogP contribution in [0.1, 0.15) is 47.0 Å². The molecule has 0 aromatic rings. The molecule has 0 aromatic heterocycles. The van der Waals surface area contributed by atoms with Crippen LogP contribution in [0.25, 0.3) is 0 Å². The fourth-order valence-electron chi connectivity index (χ4n) is 4.12. The van der Waals surface area contributed by atoms with Gasteiger partial charge in [-0.25, -0.2) is 4.79 Å². The van der Waals surface area contributed by atoms with Crippen molar-refractivity contribution in [2.24, 2.45) is 17.3 Å². The number of Topliss-reactive ketones (excluding diaryl/α,β-unsaturated/α-hetero) is 1. The Balaban J connectivity index is 2.14. The smallest absolute Gasteiger partial charge is 0.437 e. The zero-order chi connectivity index (χ0) is 19.8. The van der Waals surface area contributed by atoms with Crippen molar-refractivity contribution in [3.05, 3.63) is 34.4 Å². The second-order valence-corrected chi connectivity index (χ2v) is 8.48. The maximum absolute atomic E-state index is 13.1. The number of dihydropyridines is 1. The van der Waals surface area contributed by atoms with Gasteiger partial charge >= 0.3 is 6.16 Å². The van der Waals surface area contributed by atoms with Crippen molar-refractivity contribution in [2.75, 3.05) is 20.3 Å². The minimum atomic E-state index is -0.768. The third kappa shape index (κ3) is 3.95. The Hall–Kier alpha value is -2.08. The molecule has 1 N–H and O–H groups in total. The molecule has 0 aromatic carbocycles. The SMILES string of the molecule is COC(=O)OC1=C(C(C)C)NC2=C(C(=O)CC(C)(C)C2)C1C1=CCOCC1. The van der Waals surface area contributed by atoms with E-state index in [1.165, 1.54) is 7.11 Å². The first-order valence-corrected chi connectivity index (χ1v) is 9.53. The predicted molar refractivity (Wildman–Crippen MR) is 101 cm³/mol. The van der Waals surface area contributed by atoms with Gasteiger partial charge < -0.3 is 19.5 Å². The van der Waals surface area contributed by atoms with Crippen molar-refractivity contribution in [1.29, 1.82) is 0 Å². The second kappa shape index (κ2) is 7.50. The van der Waals surface area contributed by atoms with Crippen LogP contribution in [-0.2, 0) is 19.0 Å². The molecule has 148 valence electrons. The van der Waals surface area contributed by atoms with Crippen LogP contribution in [0.4, 0.5) is 4.79 Å². The van der Waals surface area contributed by atoms with Crippen molar-refractivity contribution < 1.29 is 23.8 Å². The molecule has 0 bridgehead atoms. The van der Waals surface area contributed by atoms with Crippen molar-refractivity contribution in [2.45, 2.75) is 47.0 Å². The lowest BCUT2D eigenvalue weighted by molar-refractivity contribution is -0.118. The fourth-order valence-corrected chi connectivity index (χ4v) is 4.12. The lowest BCUT2D eigenvalue weighted by Crippen LogP contribution is -2.41. The van der Waals surface area contributed by atoms with E-state index >= 15 is 0 Å². The first-order chi connectivity index (χ1) is 12.7. The molecule has 3 aliphatic rings. The number of carbonyl (C=O) groups is 2. The van der Waals surface area contributed by atoms with Crippen molar-refractivity contribution >= 4 is 11.9 Å². The summed E-state index contributed by atoms with van der Waals surface area (Å²) >= 11 is 0. The Morgan fingerprint density at radius 2 is 2.07 bits per heavy atom. The molecular weight excluding hydrogens is 346 g/mol. The molecule has 27 heavy (non-hydrogen) atoms. The highest BCUT2D eigenvalue weighted by Gasteiger charge is 2.44. The van der Waals surface area contributed by atoms with Crippen LogP contribution in [0.2, 0.25) is 0 Å². The van der Waals surface area contributed by atoms with E-state index in [2.05, 4.69) is 19.2 Å². The Morgan fingerprint density at radius 1 is 1.33 bits per heavy atom. The fraction of sp³-hybridized carbons (Fsp3) is 0.619. The minimum Gasteiger partial charge on any atom is -0.437 e. The van der Waals surface area contributed by atoms with Crippen molar-refractivity contribution in [1.82, 2.24) is 5.32 Å². The highest BCUT2D eigenvalue weighted by molar-refractivity contribution is 5.99. The molecule has 1 atom stereocenters. The number of ketones is 1. The summed E-state index contributed by atoms with van der Waals surface area (Å²) in [6, 6.07) is 0. The second-order valence-electron chi connectivity index (χ2n) is 8.48. The Labute approximate surface area is 160 Å². The van der Waals surface area contributed by atoms with E-state index in [0.717, 1.165) is 29.0 Å². The Kier molecular flexibility index (Phi) is 5.47. The number of allylic oxidation sites excluding steroid dienone is 3. The van der Waals surface area contributed by atoms with Gasteiger partial charge in [-0.3, -0.25) is 4.79 Å². The van der Waals surface area contributed by atoms with Crippen LogP contribution < -0.4 is 5.32 Å². The average molecular weight is 375 g/mol. The molecule has 0 saturated carbocycles. The predicted octanol–water partition coefficient (Wildman–Crippen LogP) is 3.85. The average Bonchev–Trinajstić information content (AvgIpc) is 2.61. The van der Waals surface area contributed by atoms with Crippen molar-refractivity contribution in [3.8, 4) is 0 Å². The van der Waals surface area contributed by atoms with Gasteiger partial charge in [0.05, 0.1) is 31.9 Å². The molecule has 0 saturated heterocycles. The van der Waals surface area contributed by atoms with Crippen LogP contribution in [0.15, 0.2) is 34.4 Å². The molecule has 2 aliphatic heterocycles. The quantitative estimate of drug-likeness (QED) is 0.597. The number of nitrogens with one attached hydrogen (secondary N) is 1. The van der Waals surface area contributed by atoms with E-state index in [0.29, 0.717) is 31.8 Å². The summed E-state index contributed by atoms with van der Waals surface area (Å²) in [6.45, 7) is 9.40. The highest BCUT2D eigenvalue weighted by Crippen LogP contribution is 2.47. The van der Waals surface area contributed by atoms with Gasteiger partial charge in [0.2, 0.25) is 0 Å². The van der Waals surface area contributed by atoms with E-state index < -0.39 is 6.16 Å². The first-order valence-electron chi connectivity index (χ1n) is 9.53. The van der Waals surface area contributed by atoms with E-state index in [1.54, 1.807) is 0 Å². The molecule has 6 nitrogen and oxygen atoms in total. The summed E-state index contributed by atoms with van der Waals surface area (Å²) in [7, 11) is 1.29. The summed E-state index contributed by atoms with van der Waals surface area (Å²) in [6.07, 6.45) is 3.22. The maximum Gasteiger partial charge on any atom is 0.513 e. The molecule has 1 aliphatic carbocycles. The minimum absolute atomic E-state index is 0.0969. The molecule has 3 rings (SSSR count). The van der Waals surface area contributed by atoms with Crippen LogP contribution in [0.3, 0.4) is 0 Å². The third-order valence-electron chi connectivity index (χ3n) is 5.33. The Bertz CT molecular complexity index is 742. The van der Waals surface area contributed by atoms with Crippen LogP contribution in [0, 0.1) is 17.3 Å². The van der Waals surface area contributed by atoms with Gasteiger partial charge in [-0.2, -0.15) is 0 Å². The third-order valence-corrected chi connectivity index (χ3v) is 5.33. The number of methoxy groups -OCH3 is 1. The van der Waals surface area contributed by atoms with Crippen LogP contribution >= 0.6 is 0 Å². The highest BCUT2D eigenvalue weighted by atomic mass is 16.7. The van der Waals surface area contributed by atoms with Gasteiger partial charge in [0.1, 0.15) is 5.76 Å². The van der Waals surface area contributed by atoms with Gasteiger partial charge in [-0.1, -0.05) is 39.3 Å². The zero-order valence-corrected chi connectivity index (χ0v) is 16.8. The van der Waals surface area contributed by atoms with Crippen molar-refractivity contribution in [3.63, 3.8) is 0 Å². The van der Waals surface area contributed by atoms with Gasteiger partial charge in [-0.15, -0.1) is 0 Å². The monoisotopic (exact) mass is 375 g/mol. The number of hydrogen-bond donors (Lipinski definition) is 1. The molecule has 0 radical (unpaired) electrons. The Morgan fingerprint density at radius 3 is 2.67 bits per heavy atom. The van der Waals surface area contributed by atoms with Crippen LogP contribution in [0.5, 0.6) is 0 Å². The molecule has 0 spiro atoms. The van der Waals surface area contributed by atoms with Gasteiger partial charge in [-0.05, 0) is 24.2 Å². The number of rotatable bonds is 3. The number of hydrogen-bond acceptors (Lipinski definition) is 6. The molecule has 0 amide bonds. The molecule has 0 fully saturated rings. The van der Waals surface area contributed by atoms with Gasteiger partial charge in [0.15, 0.2) is 5.78 Å². The van der Waals surface area contributed by atoms with Gasteiger partial charge in [0.25, 0.3) is 0 Å². The molecular formula is C21H29NO5. The summed E-state index contributed by atoms with van der Waals surface area (Å²) in [5.41, 5.74) is 3.49. The number of carbonyl (C=O) groups excluding carboxylic acids is 2.